The third-order valence-electron chi connectivity index (χ3n) is 2.54. The van der Waals surface area contributed by atoms with E-state index in [2.05, 4.69) is 36.6 Å². The van der Waals surface area contributed by atoms with E-state index in [0.717, 1.165) is 19.6 Å². The number of hydrogen-bond acceptors (Lipinski definition) is 1. The topological polar surface area (TPSA) is 25.8 Å². The zero-order valence-electron chi connectivity index (χ0n) is 7.99. The minimum Gasteiger partial charge on any atom is -0.367 e. The van der Waals surface area contributed by atoms with Gasteiger partial charge in [0.05, 0.1) is 13.7 Å². The summed E-state index contributed by atoms with van der Waals surface area (Å²) in [7, 11) is 2.08. The van der Waals surface area contributed by atoms with E-state index in [9.17, 15) is 0 Å². The van der Waals surface area contributed by atoms with Crippen LogP contribution in [0.5, 0.6) is 0 Å². The second-order valence-corrected chi connectivity index (χ2v) is 3.45. The van der Waals surface area contributed by atoms with Crippen molar-refractivity contribution in [3.05, 3.63) is 35.4 Å². The summed E-state index contributed by atoms with van der Waals surface area (Å²) >= 11 is 0. The summed E-state index contributed by atoms with van der Waals surface area (Å²) in [5, 5.41) is 2.17. The molecule has 1 aromatic rings. The van der Waals surface area contributed by atoms with Gasteiger partial charge in [-0.3, -0.25) is 0 Å². The summed E-state index contributed by atoms with van der Waals surface area (Å²) in [5.74, 6) is 0. The lowest BCUT2D eigenvalue weighted by molar-refractivity contribution is -0.635. The molecule has 0 aliphatic carbocycles. The van der Waals surface area contributed by atoms with Crippen LogP contribution in [0.1, 0.15) is 17.2 Å². The van der Waals surface area contributed by atoms with Gasteiger partial charge in [-0.25, -0.2) is 0 Å². The fraction of sp³-hybridized carbons (Fsp3) is 0.455. The van der Waals surface area contributed by atoms with Crippen LogP contribution in [0.25, 0.3) is 0 Å². The lowest BCUT2D eigenvalue weighted by atomic mass is 9.98. The summed E-state index contributed by atoms with van der Waals surface area (Å²) < 4.78 is 5.71. The van der Waals surface area contributed by atoms with Crippen LogP contribution < -0.4 is 5.32 Å². The van der Waals surface area contributed by atoms with Crippen LogP contribution in [0.15, 0.2) is 24.3 Å². The fourth-order valence-electron chi connectivity index (χ4n) is 1.89. The Morgan fingerprint density at radius 1 is 1.46 bits per heavy atom. The van der Waals surface area contributed by atoms with Crippen LogP contribution in [0, 0.1) is 0 Å². The highest BCUT2D eigenvalue weighted by atomic mass is 16.5. The summed E-state index contributed by atoms with van der Waals surface area (Å²) in [6.07, 6.45) is 1.37. The molecule has 0 amide bonds. The minimum atomic E-state index is 0.301. The van der Waals surface area contributed by atoms with Gasteiger partial charge >= 0.3 is 0 Å². The van der Waals surface area contributed by atoms with Crippen molar-refractivity contribution in [2.24, 2.45) is 0 Å². The Bertz CT molecular complexity index is 285. The Balaban J connectivity index is 2.26. The molecule has 70 valence electrons. The number of fused-ring (bicyclic) bond motifs is 1. The Hall–Kier alpha value is -0.860. The predicted octanol–water partition coefficient (Wildman–Crippen LogP) is 0.494. The van der Waals surface area contributed by atoms with E-state index in [1.165, 1.54) is 11.1 Å². The molecule has 0 bridgehead atoms. The smallest absolute Gasteiger partial charge is 0.131 e. The Kier molecular flexibility index (Phi) is 2.62. The maximum absolute atomic E-state index is 5.71. The summed E-state index contributed by atoms with van der Waals surface area (Å²) in [6.45, 7) is 1.90. The van der Waals surface area contributed by atoms with Gasteiger partial charge in [-0.15, -0.1) is 0 Å². The van der Waals surface area contributed by atoms with Crippen molar-refractivity contribution < 1.29 is 10.1 Å². The minimum absolute atomic E-state index is 0.301. The van der Waals surface area contributed by atoms with Gasteiger partial charge < -0.3 is 10.1 Å². The Labute approximate surface area is 78.9 Å². The van der Waals surface area contributed by atoms with Gasteiger partial charge in [0.15, 0.2) is 0 Å². The Morgan fingerprint density at radius 2 is 2.31 bits per heavy atom. The van der Waals surface area contributed by atoms with Gasteiger partial charge in [0.25, 0.3) is 0 Å². The lowest BCUT2D eigenvalue weighted by Crippen LogP contribution is -2.81. The van der Waals surface area contributed by atoms with E-state index in [0.29, 0.717) is 6.10 Å². The standard InChI is InChI=1S/C11H15NO/c1-12-8-11-10-5-3-2-4-9(10)6-7-13-11/h2-5,11-12H,6-8H2,1H3/p+1/t11-/m1/s1. The first-order valence-electron chi connectivity index (χ1n) is 4.89. The molecule has 0 saturated carbocycles. The first-order valence-corrected chi connectivity index (χ1v) is 4.89. The van der Waals surface area contributed by atoms with Gasteiger partial charge in [-0.1, -0.05) is 24.3 Å². The second kappa shape index (κ2) is 3.90. The monoisotopic (exact) mass is 178 g/mol. The molecule has 1 aromatic carbocycles. The average molecular weight is 178 g/mol. The van der Waals surface area contributed by atoms with E-state index < -0.39 is 0 Å². The van der Waals surface area contributed by atoms with Crippen LogP contribution in [-0.4, -0.2) is 20.2 Å². The molecule has 2 rings (SSSR count). The number of nitrogens with two attached hydrogens (primary N) is 1. The van der Waals surface area contributed by atoms with E-state index in [1.807, 2.05) is 0 Å². The molecule has 0 spiro atoms. The maximum atomic E-state index is 5.71. The first-order chi connectivity index (χ1) is 6.42. The van der Waals surface area contributed by atoms with E-state index >= 15 is 0 Å². The first kappa shape index (κ1) is 8.73. The highest BCUT2D eigenvalue weighted by Gasteiger charge is 2.20. The van der Waals surface area contributed by atoms with Crippen molar-refractivity contribution in [2.45, 2.75) is 12.5 Å². The highest BCUT2D eigenvalue weighted by molar-refractivity contribution is 5.30. The molecule has 0 unspecified atom stereocenters. The molecule has 1 atom stereocenters. The van der Waals surface area contributed by atoms with Gasteiger partial charge in [-0.2, -0.15) is 0 Å². The molecule has 0 radical (unpaired) electrons. The van der Waals surface area contributed by atoms with Crippen molar-refractivity contribution in [1.29, 1.82) is 0 Å². The quantitative estimate of drug-likeness (QED) is 0.701. The fourth-order valence-corrected chi connectivity index (χ4v) is 1.89. The van der Waals surface area contributed by atoms with Gasteiger partial charge in [0.1, 0.15) is 12.6 Å². The van der Waals surface area contributed by atoms with Crippen molar-refractivity contribution in [1.82, 2.24) is 0 Å². The maximum Gasteiger partial charge on any atom is 0.131 e. The third kappa shape index (κ3) is 1.74. The molecule has 0 fully saturated rings. The number of quaternary nitrogens is 1. The van der Waals surface area contributed by atoms with Crippen LogP contribution in [0.4, 0.5) is 0 Å². The lowest BCUT2D eigenvalue weighted by Gasteiger charge is -2.24. The summed E-state index contributed by atoms with van der Waals surface area (Å²) in [6, 6.07) is 8.59. The summed E-state index contributed by atoms with van der Waals surface area (Å²) in [4.78, 5) is 0. The summed E-state index contributed by atoms with van der Waals surface area (Å²) in [5.41, 5.74) is 2.84. The molecule has 0 aromatic heterocycles. The molecule has 1 aliphatic rings. The number of hydrogen-bond donors (Lipinski definition) is 1. The van der Waals surface area contributed by atoms with Crippen molar-refractivity contribution in [2.75, 3.05) is 20.2 Å². The third-order valence-corrected chi connectivity index (χ3v) is 2.54. The molecular formula is C11H16NO+. The van der Waals surface area contributed by atoms with Crippen molar-refractivity contribution in [3.8, 4) is 0 Å². The molecule has 2 nitrogen and oxygen atoms in total. The van der Waals surface area contributed by atoms with E-state index in [1.54, 1.807) is 0 Å². The Morgan fingerprint density at radius 3 is 3.15 bits per heavy atom. The van der Waals surface area contributed by atoms with Crippen LogP contribution >= 0.6 is 0 Å². The molecule has 1 heterocycles. The molecule has 1 aliphatic heterocycles. The van der Waals surface area contributed by atoms with Crippen molar-refractivity contribution >= 4 is 0 Å². The van der Waals surface area contributed by atoms with Gasteiger partial charge in [-0.05, 0) is 17.5 Å². The number of ether oxygens (including phenoxy) is 1. The SMILES string of the molecule is C[NH2+]C[C@H]1OCCc2ccccc21. The van der Waals surface area contributed by atoms with Crippen LogP contribution in [0.3, 0.4) is 0 Å². The molecule has 13 heavy (non-hydrogen) atoms. The zero-order chi connectivity index (χ0) is 9.10. The van der Waals surface area contributed by atoms with Gasteiger partial charge in [0, 0.05) is 0 Å². The molecular weight excluding hydrogens is 162 g/mol. The van der Waals surface area contributed by atoms with Crippen LogP contribution in [0.2, 0.25) is 0 Å². The molecule has 2 heteroatoms. The predicted molar refractivity (Wildman–Crippen MR) is 51.6 cm³/mol. The number of likely N-dealkylation sites (N-methyl/N-ethyl adjacent to an activating group) is 1. The molecule has 0 saturated heterocycles. The molecule has 2 N–H and O–H groups in total. The zero-order valence-corrected chi connectivity index (χ0v) is 7.99. The normalized spacial score (nSPS) is 21.2. The van der Waals surface area contributed by atoms with E-state index in [4.69, 9.17) is 4.74 Å². The highest BCUT2D eigenvalue weighted by Crippen LogP contribution is 2.25. The largest absolute Gasteiger partial charge is 0.367 e. The second-order valence-electron chi connectivity index (χ2n) is 3.45. The van der Waals surface area contributed by atoms with Crippen LogP contribution in [-0.2, 0) is 11.2 Å². The number of benzene rings is 1. The van der Waals surface area contributed by atoms with E-state index in [-0.39, 0.29) is 0 Å². The van der Waals surface area contributed by atoms with Crippen molar-refractivity contribution in [3.63, 3.8) is 0 Å². The average Bonchev–Trinajstić information content (AvgIpc) is 2.19. The van der Waals surface area contributed by atoms with Gasteiger partial charge in [0.2, 0.25) is 0 Å². The number of rotatable bonds is 2.